The maximum absolute atomic E-state index is 12.6. The van der Waals surface area contributed by atoms with Gasteiger partial charge in [0.1, 0.15) is 0 Å². The van der Waals surface area contributed by atoms with Gasteiger partial charge in [0.05, 0.1) is 23.0 Å². The lowest BCUT2D eigenvalue weighted by Crippen LogP contribution is -2.35. The maximum Gasteiger partial charge on any atom is 0.223 e. The van der Waals surface area contributed by atoms with Gasteiger partial charge in [-0.1, -0.05) is 30.3 Å². The smallest absolute Gasteiger partial charge is 0.223 e. The van der Waals surface area contributed by atoms with Crippen molar-refractivity contribution in [2.24, 2.45) is 0 Å². The van der Waals surface area contributed by atoms with Crippen LogP contribution in [0.2, 0.25) is 0 Å². The molecule has 0 aliphatic carbocycles. The zero-order valence-corrected chi connectivity index (χ0v) is 16.4. The molecule has 0 saturated carbocycles. The molecule has 0 spiro atoms. The summed E-state index contributed by atoms with van der Waals surface area (Å²) in [7, 11) is -6.90. The average Bonchev–Trinajstić information content (AvgIpc) is 3.08. The Morgan fingerprint density at radius 2 is 1.96 bits per heavy atom. The topological polar surface area (TPSA) is 109 Å². The Morgan fingerprint density at radius 3 is 2.67 bits per heavy atom. The van der Waals surface area contributed by atoms with Gasteiger partial charge in [0.2, 0.25) is 16.0 Å². The summed E-state index contributed by atoms with van der Waals surface area (Å²) in [6, 6.07) is 9.79. The summed E-state index contributed by atoms with van der Waals surface area (Å²) in [6.45, 7) is 0.661. The van der Waals surface area contributed by atoms with Gasteiger partial charge in [0.25, 0.3) is 0 Å². The van der Waals surface area contributed by atoms with Crippen LogP contribution < -0.4 is 5.32 Å². The summed E-state index contributed by atoms with van der Waals surface area (Å²) in [6.07, 6.45) is 2.64. The first-order valence-electron chi connectivity index (χ1n) is 8.54. The Balaban J connectivity index is 1.63. The Bertz CT molecular complexity index is 1070. The number of sulfonamides is 1. The van der Waals surface area contributed by atoms with Crippen molar-refractivity contribution in [3.63, 3.8) is 0 Å². The van der Waals surface area contributed by atoms with Crippen LogP contribution >= 0.6 is 0 Å². The van der Waals surface area contributed by atoms with E-state index in [4.69, 9.17) is 0 Å². The van der Waals surface area contributed by atoms with E-state index in [2.05, 4.69) is 15.3 Å². The number of aromatic nitrogens is 2. The third kappa shape index (κ3) is 3.56. The van der Waals surface area contributed by atoms with Crippen LogP contribution in [0.1, 0.15) is 22.7 Å². The third-order valence-electron chi connectivity index (χ3n) is 5.06. The zero-order chi connectivity index (χ0) is 19.2. The molecule has 1 aromatic carbocycles. The van der Waals surface area contributed by atoms with Gasteiger partial charge in [-0.05, 0) is 5.56 Å². The first kappa shape index (κ1) is 18.3. The molecular weight excluding hydrogens is 388 g/mol. The Morgan fingerprint density at radius 1 is 1.22 bits per heavy atom. The highest BCUT2D eigenvalue weighted by Crippen LogP contribution is 2.40. The van der Waals surface area contributed by atoms with Crippen molar-refractivity contribution in [1.29, 1.82) is 0 Å². The van der Waals surface area contributed by atoms with E-state index >= 15 is 0 Å². The lowest BCUT2D eigenvalue weighted by atomic mass is 10.00. The number of rotatable bonds is 4. The van der Waals surface area contributed by atoms with Gasteiger partial charge in [0, 0.05) is 37.3 Å². The molecule has 0 unspecified atom stereocenters. The number of anilines is 1. The van der Waals surface area contributed by atoms with Crippen molar-refractivity contribution in [2.75, 3.05) is 24.7 Å². The van der Waals surface area contributed by atoms with E-state index in [1.54, 1.807) is 0 Å². The summed E-state index contributed by atoms with van der Waals surface area (Å²) < 4.78 is 50.3. The quantitative estimate of drug-likeness (QED) is 0.795. The molecule has 8 nitrogen and oxygen atoms in total. The molecular formula is C17H20N4O4S2. The third-order valence-corrected chi connectivity index (χ3v) is 8.41. The summed E-state index contributed by atoms with van der Waals surface area (Å²) >= 11 is 0. The maximum atomic E-state index is 12.6. The fraction of sp³-hybridized carbons (Fsp3) is 0.412. The Kier molecular flexibility index (Phi) is 4.44. The molecule has 1 saturated heterocycles. The number of hydrogen-bond donors (Lipinski definition) is 1. The number of sulfone groups is 1. The minimum atomic E-state index is -3.46. The van der Waals surface area contributed by atoms with Gasteiger partial charge in [-0.3, -0.25) is 0 Å². The highest BCUT2D eigenvalue weighted by atomic mass is 32.2. The normalized spacial score (nSPS) is 24.2. The van der Waals surface area contributed by atoms with Crippen molar-refractivity contribution in [3.8, 4) is 0 Å². The van der Waals surface area contributed by atoms with Crippen LogP contribution in [-0.2, 0) is 32.2 Å². The van der Waals surface area contributed by atoms with E-state index < -0.39 is 31.0 Å². The fourth-order valence-electron chi connectivity index (χ4n) is 3.67. The predicted octanol–water partition coefficient (Wildman–Crippen LogP) is 0.744. The minimum absolute atomic E-state index is 0.0119. The molecule has 2 atom stereocenters. The molecule has 144 valence electrons. The number of hydrogen-bond acceptors (Lipinski definition) is 7. The molecule has 3 heterocycles. The van der Waals surface area contributed by atoms with Crippen molar-refractivity contribution < 1.29 is 16.8 Å². The van der Waals surface area contributed by atoms with E-state index in [-0.39, 0.29) is 18.8 Å². The number of nitrogens with one attached hydrogen (secondary N) is 1. The second-order valence-electron chi connectivity index (χ2n) is 6.98. The molecule has 0 amide bonds. The molecule has 27 heavy (non-hydrogen) atoms. The van der Waals surface area contributed by atoms with Crippen LogP contribution in [0.25, 0.3) is 0 Å². The average molecular weight is 409 g/mol. The first-order chi connectivity index (χ1) is 12.7. The van der Waals surface area contributed by atoms with Gasteiger partial charge >= 0.3 is 0 Å². The summed E-state index contributed by atoms with van der Waals surface area (Å²) in [5.41, 5.74) is 2.26. The molecule has 0 radical (unpaired) electrons. The monoisotopic (exact) mass is 408 g/mol. The molecule has 10 heteroatoms. The van der Waals surface area contributed by atoms with Crippen LogP contribution in [0, 0.1) is 0 Å². The molecule has 1 fully saturated rings. The van der Waals surface area contributed by atoms with Crippen molar-refractivity contribution >= 4 is 25.8 Å². The van der Waals surface area contributed by atoms with E-state index in [1.165, 1.54) is 10.5 Å². The Hall–Kier alpha value is -2.04. The van der Waals surface area contributed by atoms with E-state index in [0.29, 0.717) is 23.8 Å². The SMILES string of the molecule is CS(=O)(=O)N1C[C@H]2c3nc(NCc4ccccc4)ncc3CS(=O)(=O)[C@H]2C1. The lowest BCUT2D eigenvalue weighted by molar-refractivity contribution is 0.477. The number of fused-ring (bicyclic) bond motifs is 3. The van der Waals surface area contributed by atoms with Gasteiger partial charge < -0.3 is 5.32 Å². The van der Waals surface area contributed by atoms with Gasteiger partial charge in [-0.2, -0.15) is 0 Å². The zero-order valence-electron chi connectivity index (χ0n) is 14.7. The summed E-state index contributed by atoms with van der Waals surface area (Å²) in [4.78, 5) is 8.78. The number of nitrogens with zero attached hydrogens (tertiary/aromatic N) is 3. The molecule has 4 rings (SSSR count). The van der Waals surface area contributed by atoms with Crippen LogP contribution in [0.15, 0.2) is 36.5 Å². The van der Waals surface area contributed by atoms with Gasteiger partial charge in [-0.25, -0.2) is 31.1 Å². The number of benzene rings is 1. The molecule has 2 aliphatic rings. The molecule has 1 N–H and O–H groups in total. The van der Waals surface area contributed by atoms with E-state index in [0.717, 1.165) is 11.8 Å². The van der Waals surface area contributed by atoms with Crippen molar-refractivity contribution in [3.05, 3.63) is 53.3 Å². The van der Waals surface area contributed by atoms with Crippen LogP contribution in [0.4, 0.5) is 5.95 Å². The Labute approximate surface area is 158 Å². The summed E-state index contributed by atoms with van der Waals surface area (Å²) in [5.74, 6) is -0.206. The second kappa shape index (κ2) is 6.54. The van der Waals surface area contributed by atoms with E-state index in [9.17, 15) is 16.8 Å². The highest BCUT2D eigenvalue weighted by Gasteiger charge is 2.49. The van der Waals surface area contributed by atoms with Gasteiger partial charge in [-0.15, -0.1) is 0 Å². The van der Waals surface area contributed by atoms with Gasteiger partial charge in [0.15, 0.2) is 9.84 Å². The highest BCUT2D eigenvalue weighted by molar-refractivity contribution is 7.91. The fourth-order valence-corrected chi connectivity index (χ4v) is 6.62. The second-order valence-corrected chi connectivity index (χ2v) is 11.2. The van der Waals surface area contributed by atoms with Crippen molar-refractivity contribution in [2.45, 2.75) is 23.5 Å². The first-order valence-corrected chi connectivity index (χ1v) is 12.1. The largest absolute Gasteiger partial charge is 0.350 e. The van der Waals surface area contributed by atoms with Crippen LogP contribution in [-0.4, -0.2) is 55.7 Å². The van der Waals surface area contributed by atoms with E-state index in [1.807, 2.05) is 30.3 Å². The van der Waals surface area contributed by atoms with Crippen LogP contribution in [0.3, 0.4) is 0 Å². The standard InChI is InChI=1S/C17H20N4O4S2/c1-26(22,23)21-9-14-15(10-21)27(24,25)11-13-8-19-17(20-16(13)14)18-7-12-5-3-2-4-6-12/h2-6,8,14-15H,7,9-11H2,1H3,(H,18,19,20)/t14-,15+/m1/s1. The molecule has 0 bridgehead atoms. The molecule has 1 aromatic heterocycles. The minimum Gasteiger partial charge on any atom is -0.350 e. The predicted molar refractivity (Wildman–Crippen MR) is 101 cm³/mol. The molecule has 2 aliphatic heterocycles. The molecule has 2 aromatic rings. The van der Waals surface area contributed by atoms with Crippen LogP contribution in [0.5, 0.6) is 0 Å². The lowest BCUT2D eigenvalue weighted by Gasteiger charge is -2.26. The van der Waals surface area contributed by atoms with Crippen molar-refractivity contribution in [1.82, 2.24) is 14.3 Å². The summed E-state index contributed by atoms with van der Waals surface area (Å²) in [5, 5.41) is 2.40.